The maximum atomic E-state index is 12.7. The molecule has 2 amide bonds. The van der Waals surface area contributed by atoms with E-state index in [-0.39, 0.29) is 17.9 Å². The van der Waals surface area contributed by atoms with Gasteiger partial charge in [0, 0.05) is 37.1 Å². The second kappa shape index (κ2) is 8.31. The zero-order chi connectivity index (χ0) is 20.3. The molecular formula is C21H27N3O3S. The van der Waals surface area contributed by atoms with Gasteiger partial charge in [0.25, 0.3) is 5.91 Å². The van der Waals surface area contributed by atoms with Gasteiger partial charge in [0.15, 0.2) is 0 Å². The minimum absolute atomic E-state index is 0.111. The summed E-state index contributed by atoms with van der Waals surface area (Å²) in [7, 11) is 1.76. The Balaban J connectivity index is 1.59. The Labute approximate surface area is 170 Å². The lowest BCUT2D eigenvalue weighted by molar-refractivity contribution is 0.0205. The van der Waals surface area contributed by atoms with Crippen molar-refractivity contribution in [2.45, 2.75) is 45.1 Å². The van der Waals surface area contributed by atoms with Crippen LogP contribution in [0, 0.1) is 0 Å². The number of hydrogen-bond acceptors (Lipinski definition) is 5. The fraction of sp³-hybridized carbons (Fsp3) is 0.476. The Morgan fingerprint density at radius 2 is 1.82 bits per heavy atom. The summed E-state index contributed by atoms with van der Waals surface area (Å²) >= 11 is 1.52. The maximum Gasteiger partial charge on any atom is 0.410 e. The number of carbonyl (C=O) groups is 2. The number of aromatic nitrogens is 1. The first-order chi connectivity index (χ1) is 13.2. The molecule has 0 aliphatic carbocycles. The largest absolute Gasteiger partial charge is 0.444 e. The van der Waals surface area contributed by atoms with Crippen LogP contribution in [0.4, 0.5) is 10.5 Å². The molecule has 3 rings (SSSR count). The zero-order valence-corrected chi connectivity index (χ0v) is 17.7. The van der Waals surface area contributed by atoms with E-state index in [0.29, 0.717) is 18.8 Å². The van der Waals surface area contributed by atoms with E-state index in [1.165, 1.54) is 11.3 Å². The maximum absolute atomic E-state index is 12.7. The summed E-state index contributed by atoms with van der Waals surface area (Å²) in [6.45, 7) is 6.91. The Morgan fingerprint density at radius 3 is 2.43 bits per heavy atom. The van der Waals surface area contributed by atoms with Crippen molar-refractivity contribution in [1.29, 1.82) is 0 Å². The number of thiazole rings is 1. The fourth-order valence-electron chi connectivity index (χ4n) is 3.15. The van der Waals surface area contributed by atoms with Gasteiger partial charge < -0.3 is 14.5 Å². The molecular weight excluding hydrogens is 374 g/mol. The second-order valence-electron chi connectivity index (χ2n) is 8.01. The molecule has 7 heteroatoms. The van der Waals surface area contributed by atoms with Crippen molar-refractivity contribution in [3.8, 4) is 0 Å². The molecule has 0 unspecified atom stereocenters. The summed E-state index contributed by atoms with van der Waals surface area (Å²) in [5, 5.41) is 2.80. The molecule has 2 aromatic rings. The molecule has 1 saturated heterocycles. The van der Waals surface area contributed by atoms with Gasteiger partial charge in [-0.1, -0.05) is 18.2 Å². The molecule has 0 bridgehead atoms. The number of carbonyl (C=O) groups excluding carboxylic acids is 2. The van der Waals surface area contributed by atoms with E-state index in [1.807, 2.05) is 56.5 Å². The van der Waals surface area contributed by atoms with Crippen LogP contribution in [0.3, 0.4) is 0 Å². The fourth-order valence-corrected chi connectivity index (χ4v) is 4.11. The number of ether oxygens (including phenoxy) is 1. The molecule has 1 aromatic heterocycles. The highest BCUT2D eigenvalue weighted by atomic mass is 32.1. The van der Waals surface area contributed by atoms with Gasteiger partial charge in [-0.05, 0) is 45.7 Å². The zero-order valence-electron chi connectivity index (χ0n) is 16.8. The molecule has 1 aromatic carbocycles. The van der Waals surface area contributed by atoms with Gasteiger partial charge in [-0.2, -0.15) is 0 Å². The number of rotatable bonds is 3. The molecule has 0 N–H and O–H groups in total. The summed E-state index contributed by atoms with van der Waals surface area (Å²) in [4.78, 5) is 32.9. The summed E-state index contributed by atoms with van der Waals surface area (Å²) in [5.74, 6) is 0.159. The van der Waals surface area contributed by atoms with Crippen LogP contribution in [0.2, 0.25) is 0 Å². The average molecular weight is 402 g/mol. The predicted molar refractivity (Wildman–Crippen MR) is 111 cm³/mol. The number of nitrogens with zero attached hydrogens (tertiary/aromatic N) is 3. The van der Waals surface area contributed by atoms with Gasteiger partial charge in [0.2, 0.25) is 0 Å². The lowest BCUT2D eigenvalue weighted by atomic mass is 9.98. The molecule has 150 valence electrons. The molecule has 1 aliphatic heterocycles. The van der Waals surface area contributed by atoms with Crippen LogP contribution in [-0.2, 0) is 4.74 Å². The Kier molecular flexibility index (Phi) is 6.03. The smallest absolute Gasteiger partial charge is 0.410 e. The van der Waals surface area contributed by atoms with Gasteiger partial charge >= 0.3 is 6.09 Å². The van der Waals surface area contributed by atoms with Crippen molar-refractivity contribution in [3.05, 3.63) is 46.4 Å². The number of hydrogen-bond donors (Lipinski definition) is 0. The molecule has 0 saturated carbocycles. The number of piperidine rings is 1. The van der Waals surface area contributed by atoms with Crippen molar-refractivity contribution < 1.29 is 14.3 Å². The highest BCUT2D eigenvalue weighted by Crippen LogP contribution is 2.31. The van der Waals surface area contributed by atoms with Crippen LogP contribution < -0.4 is 4.90 Å². The van der Waals surface area contributed by atoms with Crippen molar-refractivity contribution in [1.82, 2.24) is 9.88 Å². The van der Waals surface area contributed by atoms with Crippen molar-refractivity contribution in [2.24, 2.45) is 0 Å². The van der Waals surface area contributed by atoms with Crippen LogP contribution in [-0.4, -0.2) is 47.6 Å². The first-order valence-corrected chi connectivity index (χ1v) is 10.4. The topological polar surface area (TPSA) is 62.7 Å². The van der Waals surface area contributed by atoms with Crippen LogP contribution in [0.25, 0.3) is 0 Å². The Hall–Kier alpha value is -2.41. The average Bonchev–Trinajstić information content (AvgIpc) is 3.16. The van der Waals surface area contributed by atoms with E-state index in [0.717, 1.165) is 23.5 Å². The number of anilines is 1. The molecule has 0 atom stereocenters. The molecule has 0 spiro atoms. The highest BCUT2D eigenvalue weighted by Gasteiger charge is 2.29. The predicted octanol–water partition coefficient (Wildman–Crippen LogP) is 4.53. The minimum Gasteiger partial charge on any atom is -0.444 e. The lowest BCUT2D eigenvalue weighted by Gasteiger charge is -2.32. The Bertz CT molecular complexity index is 821. The van der Waals surface area contributed by atoms with Crippen LogP contribution in [0.15, 0.2) is 35.7 Å². The summed E-state index contributed by atoms with van der Waals surface area (Å²) in [5.41, 5.74) is 0.831. The first-order valence-electron chi connectivity index (χ1n) is 9.51. The number of para-hydroxylation sites is 1. The second-order valence-corrected chi connectivity index (χ2v) is 8.90. The lowest BCUT2D eigenvalue weighted by Crippen LogP contribution is -2.41. The third-order valence-electron chi connectivity index (χ3n) is 4.69. The molecule has 1 fully saturated rings. The van der Waals surface area contributed by atoms with Gasteiger partial charge in [0.1, 0.15) is 11.3 Å². The quantitative estimate of drug-likeness (QED) is 0.758. The van der Waals surface area contributed by atoms with Crippen LogP contribution in [0.1, 0.15) is 55.0 Å². The normalized spacial score (nSPS) is 15.4. The first kappa shape index (κ1) is 20.3. The third kappa shape index (κ3) is 4.90. The van der Waals surface area contributed by atoms with Crippen molar-refractivity contribution in [3.63, 3.8) is 0 Å². The van der Waals surface area contributed by atoms with Gasteiger partial charge in [-0.15, -0.1) is 11.3 Å². The van der Waals surface area contributed by atoms with Gasteiger partial charge in [0.05, 0.1) is 5.01 Å². The number of benzene rings is 1. The van der Waals surface area contributed by atoms with E-state index >= 15 is 0 Å². The molecule has 0 radical (unpaired) electrons. The third-order valence-corrected chi connectivity index (χ3v) is 5.69. The monoisotopic (exact) mass is 401 g/mol. The van der Waals surface area contributed by atoms with Gasteiger partial charge in [-0.3, -0.25) is 4.79 Å². The Morgan fingerprint density at radius 1 is 1.18 bits per heavy atom. The number of likely N-dealkylation sites (tertiary alicyclic amines) is 1. The number of amides is 2. The van der Waals surface area contributed by atoms with Crippen LogP contribution in [0.5, 0.6) is 0 Å². The van der Waals surface area contributed by atoms with E-state index in [4.69, 9.17) is 4.74 Å². The van der Waals surface area contributed by atoms with Crippen molar-refractivity contribution in [2.75, 3.05) is 25.0 Å². The molecule has 6 nitrogen and oxygen atoms in total. The van der Waals surface area contributed by atoms with Crippen molar-refractivity contribution >= 4 is 29.0 Å². The standard InChI is InChI=1S/C21H27N3O3S/c1-21(2,3)27-20(26)24-12-10-15(11-13-24)18-22-17(14-28-18)19(25)23(4)16-8-6-5-7-9-16/h5-9,14-15H,10-13H2,1-4H3. The van der Waals surface area contributed by atoms with E-state index in [9.17, 15) is 9.59 Å². The highest BCUT2D eigenvalue weighted by molar-refractivity contribution is 7.10. The summed E-state index contributed by atoms with van der Waals surface area (Å²) < 4.78 is 5.45. The molecule has 2 heterocycles. The summed E-state index contributed by atoms with van der Waals surface area (Å²) in [6.07, 6.45) is 1.40. The van der Waals surface area contributed by atoms with Gasteiger partial charge in [-0.25, -0.2) is 9.78 Å². The SMILES string of the molecule is CN(C(=O)c1csc(C2CCN(C(=O)OC(C)(C)C)CC2)n1)c1ccccc1. The molecule has 28 heavy (non-hydrogen) atoms. The minimum atomic E-state index is -0.483. The van der Waals surface area contributed by atoms with E-state index in [1.54, 1.807) is 16.8 Å². The van der Waals surface area contributed by atoms with E-state index < -0.39 is 5.60 Å². The van der Waals surface area contributed by atoms with E-state index in [2.05, 4.69) is 4.98 Å². The molecule has 1 aliphatic rings. The summed E-state index contributed by atoms with van der Waals surface area (Å²) in [6, 6.07) is 9.54. The van der Waals surface area contributed by atoms with Crippen LogP contribution >= 0.6 is 11.3 Å².